The SMILES string of the molecule is CCCC(CCO)CNc1ncc([N+](=O)[O-])cn1. The van der Waals surface area contributed by atoms with Gasteiger partial charge in [-0.3, -0.25) is 10.1 Å². The maximum absolute atomic E-state index is 10.4. The average Bonchev–Trinajstić information content (AvgIpc) is 2.37. The number of nitrogens with one attached hydrogen (secondary N) is 1. The highest BCUT2D eigenvalue weighted by Gasteiger charge is 2.09. The van der Waals surface area contributed by atoms with Crippen LogP contribution >= 0.6 is 0 Å². The summed E-state index contributed by atoms with van der Waals surface area (Å²) in [6.45, 7) is 2.91. The summed E-state index contributed by atoms with van der Waals surface area (Å²) in [7, 11) is 0. The van der Waals surface area contributed by atoms with Gasteiger partial charge in [-0.05, 0) is 18.8 Å². The Morgan fingerprint density at radius 2 is 2.11 bits per heavy atom. The number of rotatable bonds is 8. The van der Waals surface area contributed by atoms with Gasteiger partial charge in [0, 0.05) is 13.2 Å². The van der Waals surface area contributed by atoms with Crippen LogP contribution in [-0.2, 0) is 0 Å². The summed E-state index contributed by atoms with van der Waals surface area (Å²) in [5.41, 5.74) is -0.124. The summed E-state index contributed by atoms with van der Waals surface area (Å²) in [5.74, 6) is 0.735. The predicted octanol–water partition coefficient (Wildman–Crippen LogP) is 1.60. The Labute approximate surface area is 105 Å². The molecule has 0 saturated heterocycles. The van der Waals surface area contributed by atoms with Crippen LogP contribution in [0.4, 0.5) is 11.6 Å². The fourth-order valence-electron chi connectivity index (χ4n) is 1.68. The van der Waals surface area contributed by atoms with Gasteiger partial charge in [-0.1, -0.05) is 13.3 Å². The number of hydrogen-bond donors (Lipinski definition) is 2. The molecule has 7 nitrogen and oxygen atoms in total. The van der Waals surface area contributed by atoms with Gasteiger partial charge in [-0.25, -0.2) is 9.97 Å². The Bertz CT molecular complexity index is 363. The van der Waals surface area contributed by atoms with Gasteiger partial charge in [0.05, 0.1) is 4.92 Å². The first-order valence-corrected chi connectivity index (χ1v) is 5.98. The Hall–Kier alpha value is -1.76. The third-order valence-electron chi connectivity index (χ3n) is 2.63. The van der Waals surface area contributed by atoms with Crippen molar-refractivity contribution in [3.05, 3.63) is 22.5 Å². The predicted molar refractivity (Wildman–Crippen MR) is 67.3 cm³/mol. The summed E-state index contributed by atoms with van der Waals surface area (Å²) in [6, 6.07) is 0. The van der Waals surface area contributed by atoms with E-state index in [2.05, 4.69) is 22.2 Å². The molecule has 1 unspecified atom stereocenters. The van der Waals surface area contributed by atoms with Crippen LogP contribution in [-0.4, -0.2) is 33.1 Å². The van der Waals surface area contributed by atoms with Crippen LogP contribution in [0.5, 0.6) is 0 Å². The van der Waals surface area contributed by atoms with E-state index in [0.717, 1.165) is 19.3 Å². The maximum atomic E-state index is 10.4. The summed E-state index contributed by atoms with van der Waals surface area (Å²) in [6.07, 6.45) is 5.15. The highest BCUT2D eigenvalue weighted by Crippen LogP contribution is 2.12. The zero-order valence-corrected chi connectivity index (χ0v) is 10.4. The average molecular weight is 254 g/mol. The van der Waals surface area contributed by atoms with E-state index in [1.807, 2.05) is 0 Å². The first kappa shape index (κ1) is 14.3. The van der Waals surface area contributed by atoms with Crippen LogP contribution in [0.15, 0.2) is 12.4 Å². The van der Waals surface area contributed by atoms with Crippen LogP contribution in [0.25, 0.3) is 0 Å². The van der Waals surface area contributed by atoms with E-state index in [1.165, 1.54) is 12.4 Å². The second-order valence-corrected chi connectivity index (χ2v) is 4.07. The molecule has 0 fully saturated rings. The Kier molecular flexibility index (Phi) is 5.99. The van der Waals surface area contributed by atoms with Gasteiger partial charge in [0.25, 0.3) is 0 Å². The number of nitrogens with zero attached hydrogens (tertiary/aromatic N) is 3. The molecule has 1 heterocycles. The van der Waals surface area contributed by atoms with Crippen LogP contribution in [0.3, 0.4) is 0 Å². The van der Waals surface area contributed by atoms with Crippen molar-refractivity contribution in [2.75, 3.05) is 18.5 Å². The molecule has 100 valence electrons. The molecular weight excluding hydrogens is 236 g/mol. The minimum atomic E-state index is -0.532. The van der Waals surface area contributed by atoms with E-state index in [-0.39, 0.29) is 12.3 Å². The summed E-state index contributed by atoms with van der Waals surface area (Å²) in [5, 5.41) is 22.4. The number of anilines is 1. The maximum Gasteiger partial charge on any atom is 0.305 e. The molecule has 0 saturated carbocycles. The molecule has 0 aliphatic rings. The van der Waals surface area contributed by atoms with E-state index >= 15 is 0 Å². The fraction of sp³-hybridized carbons (Fsp3) is 0.636. The molecule has 18 heavy (non-hydrogen) atoms. The Morgan fingerprint density at radius 3 is 2.61 bits per heavy atom. The molecular formula is C11H18N4O3. The number of aliphatic hydroxyl groups is 1. The van der Waals surface area contributed by atoms with Crippen LogP contribution in [0.1, 0.15) is 26.2 Å². The first-order chi connectivity index (χ1) is 8.67. The van der Waals surface area contributed by atoms with Gasteiger partial charge < -0.3 is 10.4 Å². The lowest BCUT2D eigenvalue weighted by atomic mass is 10.0. The fourth-order valence-corrected chi connectivity index (χ4v) is 1.68. The molecule has 0 aliphatic carbocycles. The Morgan fingerprint density at radius 1 is 1.44 bits per heavy atom. The first-order valence-electron chi connectivity index (χ1n) is 5.98. The van der Waals surface area contributed by atoms with Crippen molar-refractivity contribution in [2.24, 2.45) is 5.92 Å². The molecule has 0 spiro atoms. The van der Waals surface area contributed by atoms with Gasteiger partial charge in [0.1, 0.15) is 12.4 Å². The van der Waals surface area contributed by atoms with Crippen molar-refractivity contribution < 1.29 is 10.0 Å². The quantitative estimate of drug-likeness (QED) is 0.539. The summed E-state index contributed by atoms with van der Waals surface area (Å²) < 4.78 is 0. The zero-order chi connectivity index (χ0) is 13.4. The molecule has 0 amide bonds. The van der Waals surface area contributed by atoms with E-state index in [4.69, 9.17) is 5.11 Å². The van der Waals surface area contributed by atoms with E-state index in [1.54, 1.807) is 0 Å². The molecule has 1 atom stereocenters. The second-order valence-electron chi connectivity index (χ2n) is 4.07. The van der Waals surface area contributed by atoms with Crippen molar-refractivity contribution in [3.63, 3.8) is 0 Å². The lowest BCUT2D eigenvalue weighted by Crippen LogP contribution is -2.17. The van der Waals surface area contributed by atoms with Crippen molar-refractivity contribution in [1.29, 1.82) is 0 Å². The highest BCUT2D eigenvalue weighted by atomic mass is 16.6. The van der Waals surface area contributed by atoms with Crippen LogP contribution in [0.2, 0.25) is 0 Å². The van der Waals surface area contributed by atoms with Gasteiger partial charge in [0.2, 0.25) is 5.95 Å². The van der Waals surface area contributed by atoms with E-state index in [9.17, 15) is 10.1 Å². The van der Waals surface area contributed by atoms with Crippen LogP contribution in [0, 0.1) is 16.0 Å². The molecule has 0 aromatic carbocycles. The lowest BCUT2D eigenvalue weighted by Gasteiger charge is -2.15. The molecule has 0 aliphatic heterocycles. The van der Waals surface area contributed by atoms with Gasteiger partial charge in [-0.2, -0.15) is 0 Å². The number of hydrogen-bond acceptors (Lipinski definition) is 6. The third-order valence-corrected chi connectivity index (χ3v) is 2.63. The highest BCUT2D eigenvalue weighted by molar-refractivity contribution is 5.30. The van der Waals surface area contributed by atoms with Gasteiger partial charge >= 0.3 is 5.69 Å². The molecule has 1 aromatic heterocycles. The number of aliphatic hydroxyl groups excluding tert-OH is 1. The van der Waals surface area contributed by atoms with E-state index < -0.39 is 4.92 Å². The molecule has 7 heteroatoms. The molecule has 2 N–H and O–H groups in total. The minimum absolute atomic E-state index is 0.124. The van der Waals surface area contributed by atoms with Crippen molar-refractivity contribution in [2.45, 2.75) is 26.2 Å². The smallest absolute Gasteiger partial charge is 0.305 e. The third kappa shape index (κ3) is 4.62. The number of nitro groups is 1. The minimum Gasteiger partial charge on any atom is -0.396 e. The monoisotopic (exact) mass is 254 g/mol. The van der Waals surface area contributed by atoms with Crippen molar-refractivity contribution >= 4 is 11.6 Å². The summed E-state index contributed by atoms with van der Waals surface area (Å²) >= 11 is 0. The topological polar surface area (TPSA) is 101 Å². The number of aromatic nitrogens is 2. The lowest BCUT2D eigenvalue weighted by molar-refractivity contribution is -0.385. The van der Waals surface area contributed by atoms with Gasteiger partial charge in [-0.15, -0.1) is 0 Å². The van der Waals surface area contributed by atoms with Crippen molar-refractivity contribution in [1.82, 2.24) is 9.97 Å². The molecule has 0 bridgehead atoms. The second kappa shape index (κ2) is 7.54. The van der Waals surface area contributed by atoms with Gasteiger partial charge in [0.15, 0.2) is 0 Å². The normalized spacial score (nSPS) is 12.1. The van der Waals surface area contributed by atoms with Crippen LogP contribution < -0.4 is 5.32 Å². The molecule has 0 radical (unpaired) electrons. The van der Waals surface area contributed by atoms with Crippen molar-refractivity contribution in [3.8, 4) is 0 Å². The molecule has 1 aromatic rings. The Balaban J connectivity index is 2.48. The largest absolute Gasteiger partial charge is 0.396 e. The zero-order valence-electron chi connectivity index (χ0n) is 10.4. The summed E-state index contributed by atoms with van der Waals surface area (Å²) in [4.78, 5) is 17.6. The molecule has 1 rings (SSSR count). The standard InChI is InChI=1S/C11H18N4O3/c1-2-3-9(4-5-16)6-12-11-13-7-10(8-14-11)15(17)18/h7-9,16H,2-6H2,1H3,(H,12,13,14). The van der Waals surface area contributed by atoms with E-state index in [0.29, 0.717) is 18.4 Å².